The van der Waals surface area contributed by atoms with Crippen molar-refractivity contribution in [3.63, 3.8) is 0 Å². The summed E-state index contributed by atoms with van der Waals surface area (Å²) in [5, 5.41) is 0. The molecule has 0 N–H and O–H groups in total. The van der Waals surface area contributed by atoms with Crippen LogP contribution in [0.15, 0.2) is 24.3 Å². The number of esters is 1. The van der Waals surface area contributed by atoms with Gasteiger partial charge in [0.1, 0.15) is 0 Å². The number of nitrogens with zero attached hydrogens (tertiary/aromatic N) is 1. The van der Waals surface area contributed by atoms with Crippen LogP contribution in [0.5, 0.6) is 0 Å². The Kier molecular flexibility index (Phi) is 17.9. The first kappa shape index (κ1) is 28.5. The van der Waals surface area contributed by atoms with Gasteiger partial charge in [-0.2, -0.15) is 0 Å². The number of aryl methyl sites for hydroxylation is 1. The minimum absolute atomic E-state index is 0.144. The van der Waals surface area contributed by atoms with E-state index in [1.165, 1.54) is 121 Å². The third-order valence-electron chi connectivity index (χ3n) is 6.57. The summed E-state index contributed by atoms with van der Waals surface area (Å²) in [5.74, 6) is -0.144. The van der Waals surface area contributed by atoms with E-state index in [-0.39, 0.29) is 5.97 Å². The number of rotatable bonds is 21. The molecule has 0 amide bonds. The number of unbranched alkanes of at least 4 members (excludes halogenated alkanes) is 15. The molecule has 32 heavy (non-hydrogen) atoms. The van der Waals surface area contributed by atoms with E-state index < -0.39 is 0 Å². The molecule has 0 aliphatic rings. The molecule has 1 rings (SSSR count). The summed E-state index contributed by atoms with van der Waals surface area (Å²) in [4.78, 5) is 13.6. The molecule has 0 aliphatic heterocycles. The fraction of sp³-hybridized carbons (Fsp3) is 0.759. The summed E-state index contributed by atoms with van der Waals surface area (Å²) < 4.78 is 4.71. The molecule has 0 atom stereocenters. The van der Waals surface area contributed by atoms with Crippen LogP contribution in [0.25, 0.3) is 0 Å². The lowest BCUT2D eigenvalue weighted by Crippen LogP contribution is -2.18. The monoisotopic (exact) mass is 445 g/mol. The number of methoxy groups -OCH3 is 1. The number of benzene rings is 1. The zero-order valence-electron chi connectivity index (χ0n) is 21.5. The summed E-state index contributed by atoms with van der Waals surface area (Å²) >= 11 is 0. The molecule has 0 spiro atoms. The predicted molar refractivity (Wildman–Crippen MR) is 140 cm³/mol. The summed E-state index contributed by atoms with van der Waals surface area (Å²) in [7, 11) is 3.62. The van der Waals surface area contributed by atoms with Crippen LogP contribution < -0.4 is 4.90 Å². The highest BCUT2D eigenvalue weighted by Crippen LogP contribution is 2.17. The van der Waals surface area contributed by atoms with Crippen molar-refractivity contribution >= 4 is 11.7 Å². The molecular weight excluding hydrogens is 394 g/mol. The number of carbonyl (C=O) groups is 1. The molecular formula is C29H51NO2. The molecule has 3 nitrogen and oxygen atoms in total. The van der Waals surface area contributed by atoms with E-state index in [1.807, 2.05) is 0 Å². The van der Waals surface area contributed by atoms with E-state index in [0.29, 0.717) is 6.42 Å². The Hall–Kier alpha value is -1.51. The van der Waals surface area contributed by atoms with Crippen LogP contribution in [0.1, 0.15) is 122 Å². The van der Waals surface area contributed by atoms with Crippen molar-refractivity contribution in [1.82, 2.24) is 0 Å². The minimum Gasteiger partial charge on any atom is -0.469 e. The summed E-state index contributed by atoms with van der Waals surface area (Å²) in [6.45, 7) is 3.40. The molecule has 0 saturated heterocycles. The van der Waals surface area contributed by atoms with E-state index in [9.17, 15) is 4.79 Å². The SMILES string of the molecule is CCCCCCCCCCCCCCCCCCN(C)c1ccc(CCC(=O)OC)cc1. The Labute approximate surface area is 199 Å². The average Bonchev–Trinajstić information content (AvgIpc) is 2.82. The van der Waals surface area contributed by atoms with E-state index >= 15 is 0 Å². The van der Waals surface area contributed by atoms with Crippen LogP contribution >= 0.6 is 0 Å². The lowest BCUT2D eigenvalue weighted by Gasteiger charge is -2.19. The second-order valence-electron chi connectivity index (χ2n) is 9.47. The Morgan fingerprint density at radius 2 is 1.16 bits per heavy atom. The van der Waals surface area contributed by atoms with Gasteiger partial charge in [-0.05, 0) is 30.5 Å². The van der Waals surface area contributed by atoms with Crippen molar-refractivity contribution in [2.45, 2.75) is 122 Å². The quantitative estimate of drug-likeness (QED) is 0.140. The van der Waals surface area contributed by atoms with Crippen LogP contribution in [-0.4, -0.2) is 26.7 Å². The lowest BCUT2D eigenvalue weighted by molar-refractivity contribution is -0.140. The number of carbonyl (C=O) groups excluding carboxylic acids is 1. The molecule has 3 heteroatoms. The predicted octanol–water partition coefficient (Wildman–Crippen LogP) is 8.49. The van der Waals surface area contributed by atoms with Crippen LogP contribution in [-0.2, 0) is 16.0 Å². The van der Waals surface area contributed by atoms with Crippen molar-refractivity contribution < 1.29 is 9.53 Å². The van der Waals surface area contributed by atoms with Crippen molar-refractivity contribution in [2.24, 2.45) is 0 Å². The number of ether oxygens (including phenoxy) is 1. The third-order valence-corrected chi connectivity index (χ3v) is 6.57. The molecule has 0 fully saturated rings. The molecule has 0 bridgehead atoms. The summed E-state index contributed by atoms with van der Waals surface area (Å²) in [5.41, 5.74) is 2.45. The number of anilines is 1. The van der Waals surface area contributed by atoms with E-state index in [2.05, 4.69) is 43.1 Å². The minimum atomic E-state index is -0.144. The van der Waals surface area contributed by atoms with E-state index in [1.54, 1.807) is 0 Å². The fourth-order valence-corrected chi connectivity index (χ4v) is 4.29. The lowest BCUT2D eigenvalue weighted by atomic mass is 10.0. The van der Waals surface area contributed by atoms with Crippen molar-refractivity contribution in [1.29, 1.82) is 0 Å². The van der Waals surface area contributed by atoms with Gasteiger partial charge in [0.25, 0.3) is 0 Å². The van der Waals surface area contributed by atoms with Crippen molar-refractivity contribution in [2.75, 3.05) is 25.6 Å². The smallest absolute Gasteiger partial charge is 0.305 e. The molecule has 184 valence electrons. The highest BCUT2D eigenvalue weighted by atomic mass is 16.5. The molecule has 1 aromatic rings. The second kappa shape index (κ2) is 20.1. The van der Waals surface area contributed by atoms with Crippen molar-refractivity contribution in [3.05, 3.63) is 29.8 Å². The Morgan fingerprint density at radius 3 is 1.59 bits per heavy atom. The summed E-state index contributed by atoms with van der Waals surface area (Å²) in [6.07, 6.45) is 23.8. The zero-order valence-corrected chi connectivity index (χ0v) is 21.5. The zero-order chi connectivity index (χ0) is 23.3. The fourth-order valence-electron chi connectivity index (χ4n) is 4.29. The molecule has 1 aromatic carbocycles. The largest absolute Gasteiger partial charge is 0.469 e. The molecule has 0 radical (unpaired) electrons. The van der Waals surface area contributed by atoms with Gasteiger partial charge >= 0.3 is 5.97 Å². The molecule has 0 saturated carbocycles. The molecule has 0 aliphatic carbocycles. The van der Waals surface area contributed by atoms with Gasteiger partial charge in [0.15, 0.2) is 0 Å². The second-order valence-corrected chi connectivity index (χ2v) is 9.47. The highest BCUT2D eigenvalue weighted by Gasteiger charge is 2.04. The van der Waals surface area contributed by atoms with E-state index in [4.69, 9.17) is 4.74 Å². The molecule has 0 aromatic heterocycles. The van der Waals surface area contributed by atoms with Gasteiger partial charge in [0.2, 0.25) is 0 Å². The van der Waals surface area contributed by atoms with Gasteiger partial charge in [0, 0.05) is 25.7 Å². The number of hydrogen-bond donors (Lipinski definition) is 0. The average molecular weight is 446 g/mol. The first-order chi connectivity index (χ1) is 15.7. The Balaban J connectivity index is 1.92. The molecule has 0 heterocycles. The van der Waals surface area contributed by atoms with Crippen LogP contribution in [0.4, 0.5) is 5.69 Å². The van der Waals surface area contributed by atoms with Crippen LogP contribution in [0.2, 0.25) is 0 Å². The third kappa shape index (κ3) is 15.3. The maximum absolute atomic E-state index is 11.3. The van der Waals surface area contributed by atoms with Crippen molar-refractivity contribution in [3.8, 4) is 0 Å². The van der Waals surface area contributed by atoms with Gasteiger partial charge < -0.3 is 9.64 Å². The maximum atomic E-state index is 11.3. The Bertz CT molecular complexity index is 555. The number of hydrogen-bond acceptors (Lipinski definition) is 3. The van der Waals surface area contributed by atoms with Gasteiger partial charge in [-0.15, -0.1) is 0 Å². The molecule has 0 unspecified atom stereocenters. The van der Waals surface area contributed by atoms with Gasteiger partial charge in [-0.1, -0.05) is 115 Å². The van der Waals surface area contributed by atoms with Crippen LogP contribution in [0.3, 0.4) is 0 Å². The van der Waals surface area contributed by atoms with E-state index in [0.717, 1.165) is 13.0 Å². The summed E-state index contributed by atoms with van der Waals surface area (Å²) in [6, 6.07) is 8.59. The standard InChI is InChI=1S/C29H51NO2/c1-4-5-6-7-8-9-10-11-12-13-14-15-16-17-18-19-26-30(2)28-23-20-27(21-24-28)22-25-29(31)32-3/h20-21,23-24H,4-19,22,25-26H2,1-3H3. The van der Waals surface area contributed by atoms with Crippen LogP contribution in [0, 0.1) is 0 Å². The van der Waals surface area contributed by atoms with Gasteiger partial charge in [-0.3, -0.25) is 4.79 Å². The van der Waals surface area contributed by atoms with Gasteiger partial charge in [-0.25, -0.2) is 0 Å². The first-order valence-corrected chi connectivity index (χ1v) is 13.5. The maximum Gasteiger partial charge on any atom is 0.305 e. The Morgan fingerprint density at radius 1 is 0.719 bits per heavy atom. The highest BCUT2D eigenvalue weighted by molar-refractivity contribution is 5.69. The van der Waals surface area contributed by atoms with Gasteiger partial charge in [0.05, 0.1) is 7.11 Å². The normalized spacial score (nSPS) is 11.0. The first-order valence-electron chi connectivity index (χ1n) is 13.5. The topological polar surface area (TPSA) is 29.5 Å².